The molecule has 0 saturated heterocycles. The fraction of sp³-hybridized carbons (Fsp3) is 0.148. The molecule has 4 aromatic rings. The van der Waals surface area contributed by atoms with Crippen molar-refractivity contribution in [2.45, 2.75) is 19.3 Å². The molecule has 0 aliphatic carbocycles. The number of benzene rings is 3. The first-order valence-corrected chi connectivity index (χ1v) is 11.0. The number of aryl methyl sites for hydroxylation is 1. The Labute approximate surface area is 196 Å². The van der Waals surface area contributed by atoms with Crippen molar-refractivity contribution in [3.8, 4) is 11.3 Å². The van der Waals surface area contributed by atoms with Crippen molar-refractivity contribution in [1.82, 2.24) is 10.3 Å². The third-order valence-corrected chi connectivity index (χ3v) is 5.24. The number of nitrogens with zero attached hydrogens (tertiary/aromatic N) is 1. The van der Waals surface area contributed by atoms with Gasteiger partial charge in [-0.2, -0.15) is 0 Å². The molecule has 4 rings (SSSR count). The van der Waals surface area contributed by atoms with Gasteiger partial charge in [0.15, 0.2) is 11.7 Å². The summed E-state index contributed by atoms with van der Waals surface area (Å²) in [6.45, 7) is 0.492. The monoisotopic (exact) mass is 457 g/mol. The van der Waals surface area contributed by atoms with Gasteiger partial charge in [-0.05, 0) is 48.4 Å². The number of oxazole rings is 1. The van der Waals surface area contributed by atoms with Crippen LogP contribution in [0, 0.1) is 5.82 Å². The zero-order chi connectivity index (χ0) is 23.8. The Balaban J connectivity index is 1.30. The Morgan fingerprint density at radius 2 is 1.62 bits per heavy atom. The predicted molar refractivity (Wildman–Crippen MR) is 128 cm³/mol. The molecule has 1 heterocycles. The molecule has 172 valence electrons. The largest absolute Gasteiger partial charge is 0.441 e. The van der Waals surface area contributed by atoms with Gasteiger partial charge in [0.05, 0.1) is 17.4 Å². The SMILES string of the molecule is O=C(CCc1ncc(-c2ccc(F)cc2)o1)Nc1ccccc1C(=O)NCCc1ccccc1. The first kappa shape index (κ1) is 22.9. The second-order valence-corrected chi connectivity index (χ2v) is 7.71. The van der Waals surface area contributed by atoms with Gasteiger partial charge in [-0.3, -0.25) is 9.59 Å². The second-order valence-electron chi connectivity index (χ2n) is 7.71. The highest BCUT2D eigenvalue weighted by molar-refractivity contribution is 6.03. The lowest BCUT2D eigenvalue weighted by Crippen LogP contribution is -2.27. The van der Waals surface area contributed by atoms with Gasteiger partial charge in [-0.15, -0.1) is 0 Å². The average molecular weight is 458 g/mol. The second kappa shape index (κ2) is 11.0. The van der Waals surface area contributed by atoms with Gasteiger partial charge in [0.25, 0.3) is 5.91 Å². The number of para-hydroxylation sites is 1. The van der Waals surface area contributed by atoms with Crippen LogP contribution in [0.5, 0.6) is 0 Å². The van der Waals surface area contributed by atoms with Crippen molar-refractivity contribution >= 4 is 17.5 Å². The summed E-state index contributed by atoms with van der Waals surface area (Å²) in [6, 6.07) is 22.7. The van der Waals surface area contributed by atoms with Gasteiger partial charge in [0.2, 0.25) is 5.91 Å². The Kier molecular flexibility index (Phi) is 7.45. The highest BCUT2D eigenvalue weighted by Gasteiger charge is 2.14. The summed E-state index contributed by atoms with van der Waals surface area (Å²) in [6.07, 6.45) is 2.69. The summed E-state index contributed by atoms with van der Waals surface area (Å²) in [5, 5.41) is 5.71. The van der Waals surface area contributed by atoms with Crippen LogP contribution in [-0.4, -0.2) is 23.3 Å². The number of amides is 2. The summed E-state index contributed by atoms with van der Waals surface area (Å²) >= 11 is 0. The number of halogens is 1. The van der Waals surface area contributed by atoms with Crippen LogP contribution in [-0.2, 0) is 17.6 Å². The third kappa shape index (κ3) is 6.16. The molecule has 0 bridgehead atoms. The van der Waals surface area contributed by atoms with Crippen LogP contribution in [0.3, 0.4) is 0 Å². The molecule has 0 aliphatic rings. The van der Waals surface area contributed by atoms with Crippen LogP contribution in [0.4, 0.5) is 10.1 Å². The standard InChI is InChI=1S/C27H24FN3O3/c28-21-12-10-20(11-13-21)24-18-30-26(34-24)15-14-25(32)31-23-9-5-4-8-22(23)27(33)29-17-16-19-6-2-1-3-7-19/h1-13,18H,14-17H2,(H,29,33)(H,31,32). The minimum Gasteiger partial charge on any atom is -0.441 e. The lowest BCUT2D eigenvalue weighted by Gasteiger charge is -2.11. The van der Waals surface area contributed by atoms with Crippen LogP contribution >= 0.6 is 0 Å². The summed E-state index contributed by atoms with van der Waals surface area (Å²) in [5.41, 5.74) is 2.69. The molecule has 0 atom stereocenters. The number of nitrogens with one attached hydrogen (secondary N) is 2. The molecule has 2 amide bonds. The number of carbonyl (C=O) groups excluding carboxylic acids is 2. The molecule has 0 radical (unpaired) electrons. The van der Waals surface area contributed by atoms with Crippen LogP contribution in [0.2, 0.25) is 0 Å². The van der Waals surface area contributed by atoms with Crippen LogP contribution < -0.4 is 10.6 Å². The van der Waals surface area contributed by atoms with Crippen molar-refractivity contribution in [3.05, 3.63) is 108 Å². The van der Waals surface area contributed by atoms with E-state index in [1.165, 1.54) is 12.1 Å². The molecule has 0 unspecified atom stereocenters. The molecule has 34 heavy (non-hydrogen) atoms. The lowest BCUT2D eigenvalue weighted by atomic mass is 10.1. The van der Waals surface area contributed by atoms with E-state index in [4.69, 9.17) is 4.42 Å². The van der Waals surface area contributed by atoms with Crippen LogP contribution in [0.1, 0.15) is 28.2 Å². The molecule has 0 spiro atoms. The fourth-order valence-corrected chi connectivity index (χ4v) is 3.46. The Bertz CT molecular complexity index is 1250. The van der Waals surface area contributed by atoms with E-state index >= 15 is 0 Å². The number of hydrogen-bond donors (Lipinski definition) is 2. The molecular weight excluding hydrogens is 433 g/mol. The number of hydrogen-bond acceptors (Lipinski definition) is 4. The van der Waals surface area contributed by atoms with Gasteiger partial charge >= 0.3 is 0 Å². The third-order valence-electron chi connectivity index (χ3n) is 5.24. The van der Waals surface area contributed by atoms with E-state index in [0.29, 0.717) is 41.4 Å². The highest BCUT2D eigenvalue weighted by atomic mass is 19.1. The Hall–Kier alpha value is -4.26. The molecule has 0 saturated carbocycles. The Morgan fingerprint density at radius 1 is 0.882 bits per heavy atom. The van der Waals surface area contributed by atoms with E-state index in [2.05, 4.69) is 15.6 Å². The maximum atomic E-state index is 13.1. The molecular formula is C27H24FN3O3. The number of carbonyl (C=O) groups is 2. The molecule has 0 fully saturated rings. The zero-order valence-corrected chi connectivity index (χ0v) is 18.5. The van der Waals surface area contributed by atoms with E-state index in [1.54, 1.807) is 42.6 Å². The van der Waals surface area contributed by atoms with Crippen molar-refractivity contribution in [1.29, 1.82) is 0 Å². The van der Waals surface area contributed by atoms with Gasteiger partial charge in [-0.25, -0.2) is 9.37 Å². The lowest BCUT2D eigenvalue weighted by molar-refractivity contribution is -0.116. The number of anilines is 1. The van der Waals surface area contributed by atoms with E-state index < -0.39 is 0 Å². The van der Waals surface area contributed by atoms with Crippen molar-refractivity contribution in [2.24, 2.45) is 0 Å². The number of rotatable bonds is 9. The van der Waals surface area contributed by atoms with Gasteiger partial charge in [0, 0.05) is 24.9 Å². The van der Waals surface area contributed by atoms with E-state index in [1.807, 2.05) is 30.3 Å². The van der Waals surface area contributed by atoms with Gasteiger partial charge < -0.3 is 15.1 Å². The van der Waals surface area contributed by atoms with Gasteiger partial charge in [-0.1, -0.05) is 42.5 Å². The van der Waals surface area contributed by atoms with Gasteiger partial charge in [0.1, 0.15) is 5.82 Å². The normalized spacial score (nSPS) is 10.6. The molecule has 1 aromatic heterocycles. The van der Waals surface area contributed by atoms with Crippen LogP contribution in [0.25, 0.3) is 11.3 Å². The fourth-order valence-electron chi connectivity index (χ4n) is 3.46. The minimum absolute atomic E-state index is 0.132. The van der Waals surface area contributed by atoms with Crippen molar-refractivity contribution < 1.29 is 18.4 Å². The number of aromatic nitrogens is 1. The molecule has 3 aromatic carbocycles. The first-order chi connectivity index (χ1) is 16.6. The maximum Gasteiger partial charge on any atom is 0.253 e. The molecule has 6 nitrogen and oxygen atoms in total. The van der Waals surface area contributed by atoms with Crippen LogP contribution in [0.15, 0.2) is 89.5 Å². The minimum atomic E-state index is -0.328. The van der Waals surface area contributed by atoms with E-state index in [9.17, 15) is 14.0 Å². The van der Waals surface area contributed by atoms with Crippen molar-refractivity contribution in [3.63, 3.8) is 0 Å². The Morgan fingerprint density at radius 3 is 2.41 bits per heavy atom. The molecule has 7 heteroatoms. The summed E-state index contributed by atoms with van der Waals surface area (Å²) < 4.78 is 18.8. The molecule has 0 aliphatic heterocycles. The van der Waals surface area contributed by atoms with E-state index in [0.717, 1.165) is 12.0 Å². The topological polar surface area (TPSA) is 84.2 Å². The quantitative estimate of drug-likeness (QED) is 0.369. The average Bonchev–Trinajstić information content (AvgIpc) is 3.33. The summed E-state index contributed by atoms with van der Waals surface area (Å²) in [5.74, 6) is 0.0780. The highest BCUT2D eigenvalue weighted by Crippen LogP contribution is 2.21. The smallest absolute Gasteiger partial charge is 0.253 e. The van der Waals surface area contributed by atoms with Crippen molar-refractivity contribution in [2.75, 3.05) is 11.9 Å². The predicted octanol–water partition coefficient (Wildman–Crippen LogP) is 5.02. The summed E-state index contributed by atoms with van der Waals surface area (Å²) in [4.78, 5) is 29.4. The first-order valence-electron chi connectivity index (χ1n) is 11.0. The summed E-state index contributed by atoms with van der Waals surface area (Å²) in [7, 11) is 0. The maximum absolute atomic E-state index is 13.1. The van der Waals surface area contributed by atoms with E-state index in [-0.39, 0.29) is 24.1 Å². The molecule has 2 N–H and O–H groups in total. The zero-order valence-electron chi connectivity index (χ0n) is 18.5.